The molecule has 17 heavy (non-hydrogen) atoms. The number of rotatable bonds is 4. The van der Waals surface area contributed by atoms with Gasteiger partial charge in [0.15, 0.2) is 0 Å². The highest BCUT2D eigenvalue weighted by atomic mass is 16.1. The summed E-state index contributed by atoms with van der Waals surface area (Å²) in [7, 11) is 0. The zero-order chi connectivity index (χ0) is 12.4. The minimum atomic E-state index is -0.128. The molecule has 1 unspecified atom stereocenters. The second kappa shape index (κ2) is 4.67. The van der Waals surface area contributed by atoms with E-state index in [1.54, 1.807) is 6.92 Å². The molecule has 6 heteroatoms. The van der Waals surface area contributed by atoms with Crippen LogP contribution in [0.25, 0.3) is 5.78 Å². The molecule has 0 fully saturated rings. The quantitative estimate of drug-likeness (QED) is 0.810. The summed E-state index contributed by atoms with van der Waals surface area (Å²) in [5.41, 5.74) is 6.03. The van der Waals surface area contributed by atoms with Crippen molar-refractivity contribution in [1.29, 1.82) is 0 Å². The van der Waals surface area contributed by atoms with E-state index in [0.717, 1.165) is 18.7 Å². The van der Waals surface area contributed by atoms with E-state index < -0.39 is 0 Å². The molecule has 92 valence electrons. The zero-order valence-electron chi connectivity index (χ0n) is 10.1. The van der Waals surface area contributed by atoms with Gasteiger partial charge in [-0.2, -0.15) is 9.50 Å². The topological polar surface area (TPSA) is 89.1 Å². The van der Waals surface area contributed by atoms with E-state index in [1.807, 2.05) is 0 Å². The molecule has 3 N–H and O–H groups in total. The molecule has 2 aromatic rings. The Morgan fingerprint density at radius 2 is 2.29 bits per heavy atom. The fourth-order valence-electron chi connectivity index (χ4n) is 1.79. The first-order valence-corrected chi connectivity index (χ1v) is 5.78. The maximum atomic E-state index is 11.7. The van der Waals surface area contributed by atoms with Crippen LogP contribution in [0.4, 0.5) is 0 Å². The van der Waals surface area contributed by atoms with Crippen LogP contribution in [0.3, 0.4) is 0 Å². The van der Waals surface area contributed by atoms with Crippen LogP contribution < -0.4 is 11.3 Å². The Morgan fingerprint density at radius 1 is 1.53 bits per heavy atom. The van der Waals surface area contributed by atoms with Crippen LogP contribution >= 0.6 is 0 Å². The number of fused-ring (bicyclic) bond motifs is 1. The van der Waals surface area contributed by atoms with Crippen LogP contribution in [0.2, 0.25) is 0 Å². The molecule has 1 atom stereocenters. The molecule has 6 nitrogen and oxygen atoms in total. The largest absolute Gasteiger partial charge is 0.330 e. The van der Waals surface area contributed by atoms with Crippen molar-refractivity contribution in [3.05, 3.63) is 27.9 Å². The highest BCUT2D eigenvalue weighted by molar-refractivity contribution is 5.28. The Kier molecular flexibility index (Phi) is 3.23. The van der Waals surface area contributed by atoms with E-state index in [2.05, 4.69) is 22.0 Å². The van der Waals surface area contributed by atoms with Gasteiger partial charge in [0.25, 0.3) is 11.3 Å². The van der Waals surface area contributed by atoms with Crippen molar-refractivity contribution in [1.82, 2.24) is 19.6 Å². The van der Waals surface area contributed by atoms with Crippen LogP contribution in [0, 0.1) is 6.92 Å². The van der Waals surface area contributed by atoms with E-state index in [9.17, 15) is 4.79 Å². The second-order valence-electron chi connectivity index (χ2n) is 4.31. The van der Waals surface area contributed by atoms with Gasteiger partial charge in [0.2, 0.25) is 0 Å². The lowest BCUT2D eigenvalue weighted by Crippen LogP contribution is -2.14. The second-order valence-corrected chi connectivity index (χ2v) is 4.31. The van der Waals surface area contributed by atoms with Gasteiger partial charge in [-0.3, -0.25) is 9.89 Å². The number of H-pyrrole nitrogens is 1. The molecule has 0 spiro atoms. The minimum absolute atomic E-state index is 0.128. The third kappa shape index (κ3) is 2.36. The van der Waals surface area contributed by atoms with Crippen molar-refractivity contribution < 1.29 is 0 Å². The van der Waals surface area contributed by atoms with Gasteiger partial charge in [0, 0.05) is 17.7 Å². The van der Waals surface area contributed by atoms with Gasteiger partial charge in [-0.15, -0.1) is 0 Å². The number of aromatic nitrogens is 4. The van der Waals surface area contributed by atoms with Gasteiger partial charge in [-0.05, 0) is 26.3 Å². The first-order chi connectivity index (χ1) is 8.11. The lowest BCUT2D eigenvalue weighted by atomic mass is 10.1. The molecular weight excluding hydrogens is 218 g/mol. The Bertz CT molecular complexity index is 571. The Hall–Kier alpha value is -1.69. The number of hydrogen-bond acceptors (Lipinski definition) is 4. The highest BCUT2D eigenvalue weighted by Crippen LogP contribution is 2.16. The van der Waals surface area contributed by atoms with Crippen LogP contribution in [-0.4, -0.2) is 26.1 Å². The molecule has 0 aliphatic heterocycles. The third-order valence-corrected chi connectivity index (χ3v) is 2.78. The first-order valence-electron chi connectivity index (χ1n) is 5.78. The maximum Gasteiger partial charge on any atom is 0.274 e. The highest BCUT2D eigenvalue weighted by Gasteiger charge is 2.12. The average Bonchev–Trinajstić information content (AvgIpc) is 2.69. The van der Waals surface area contributed by atoms with Gasteiger partial charge in [0.05, 0.1) is 0 Å². The zero-order valence-corrected chi connectivity index (χ0v) is 10.1. The smallest absolute Gasteiger partial charge is 0.274 e. The fourth-order valence-corrected chi connectivity index (χ4v) is 1.79. The standard InChI is InChI=1S/C11H17N5O/c1-7(4-3-5-12)10-14-11-13-8(2)6-9(17)16(11)15-10/h6-7H,3-5,12H2,1-2H3,(H,13,14,15). The van der Waals surface area contributed by atoms with E-state index >= 15 is 0 Å². The molecule has 0 aromatic carbocycles. The molecule has 0 saturated carbocycles. The first kappa shape index (κ1) is 11.8. The van der Waals surface area contributed by atoms with Gasteiger partial charge < -0.3 is 5.73 Å². The molecule has 2 aromatic heterocycles. The number of hydrogen-bond donors (Lipinski definition) is 2. The van der Waals surface area contributed by atoms with Crippen molar-refractivity contribution >= 4 is 5.78 Å². The Labute approximate surface area is 98.9 Å². The molecule has 0 saturated heterocycles. The summed E-state index contributed by atoms with van der Waals surface area (Å²) in [6.07, 6.45) is 1.89. The number of aromatic amines is 1. The van der Waals surface area contributed by atoms with Gasteiger partial charge >= 0.3 is 0 Å². The number of nitrogens with one attached hydrogen (secondary N) is 1. The predicted molar refractivity (Wildman–Crippen MR) is 65.0 cm³/mol. The van der Waals surface area contributed by atoms with E-state index in [4.69, 9.17) is 5.73 Å². The van der Waals surface area contributed by atoms with Crippen LogP contribution in [0.15, 0.2) is 10.9 Å². The summed E-state index contributed by atoms with van der Waals surface area (Å²) >= 11 is 0. The fraction of sp³-hybridized carbons (Fsp3) is 0.545. The lowest BCUT2D eigenvalue weighted by molar-refractivity contribution is 0.607. The van der Waals surface area contributed by atoms with Crippen LogP contribution in [0.5, 0.6) is 0 Å². The van der Waals surface area contributed by atoms with Gasteiger partial charge in [-0.1, -0.05) is 6.92 Å². The molecule has 0 aliphatic carbocycles. The Morgan fingerprint density at radius 3 is 3.00 bits per heavy atom. The van der Waals surface area contributed by atoms with Crippen molar-refractivity contribution in [3.63, 3.8) is 0 Å². The summed E-state index contributed by atoms with van der Waals surface area (Å²) in [6.45, 7) is 4.51. The monoisotopic (exact) mass is 235 g/mol. The van der Waals surface area contributed by atoms with Crippen molar-refractivity contribution in [2.24, 2.45) is 5.73 Å². The van der Waals surface area contributed by atoms with Crippen molar-refractivity contribution in [3.8, 4) is 0 Å². The Balaban J connectivity index is 2.37. The van der Waals surface area contributed by atoms with E-state index in [-0.39, 0.29) is 11.5 Å². The molecule has 0 amide bonds. The summed E-state index contributed by atoms with van der Waals surface area (Å²) < 4.78 is 1.38. The summed E-state index contributed by atoms with van der Waals surface area (Å²) in [5, 5.41) is 2.99. The van der Waals surface area contributed by atoms with Crippen LogP contribution in [0.1, 0.15) is 37.2 Å². The van der Waals surface area contributed by atoms with E-state index in [0.29, 0.717) is 18.0 Å². The minimum Gasteiger partial charge on any atom is -0.330 e. The predicted octanol–water partition coefficient (Wildman–Crippen LogP) is 0.568. The van der Waals surface area contributed by atoms with Crippen LogP contribution in [-0.2, 0) is 0 Å². The normalized spacial score (nSPS) is 13.1. The summed E-state index contributed by atoms with van der Waals surface area (Å²) in [4.78, 5) is 20.2. The molecule has 2 heterocycles. The molecule has 0 radical (unpaired) electrons. The summed E-state index contributed by atoms with van der Waals surface area (Å²) in [6, 6.07) is 1.49. The summed E-state index contributed by atoms with van der Waals surface area (Å²) in [5.74, 6) is 1.47. The van der Waals surface area contributed by atoms with Gasteiger partial charge in [0.1, 0.15) is 5.82 Å². The maximum absolute atomic E-state index is 11.7. The molecular formula is C11H17N5O. The third-order valence-electron chi connectivity index (χ3n) is 2.78. The van der Waals surface area contributed by atoms with E-state index in [1.165, 1.54) is 10.6 Å². The van der Waals surface area contributed by atoms with Gasteiger partial charge in [-0.25, -0.2) is 4.98 Å². The number of nitrogens with two attached hydrogens (primary N) is 1. The van der Waals surface area contributed by atoms with Crippen molar-refractivity contribution in [2.45, 2.75) is 32.6 Å². The van der Waals surface area contributed by atoms with Crippen molar-refractivity contribution in [2.75, 3.05) is 6.54 Å². The molecule has 0 bridgehead atoms. The number of aryl methyl sites for hydroxylation is 1. The number of nitrogens with zero attached hydrogens (tertiary/aromatic N) is 3. The molecule has 0 aliphatic rings. The SMILES string of the molecule is Cc1cc(=O)n2[nH]c(C(C)CCCN)nc2n1. The molecule has 2 rings (SSSR count). The lowest BCUT2D eigenvalue weighted by Gasteiger charge is -2.05. The average molecular weight is 235 g/mol.